The summed E-state index contributed by atoms with van der Waals surface area (Å²) in [4.78, 5) is 29.9. The second kappa shape index (κ2) is 8.81. The van der Waals surface area contributed by atoms with Gasteiger partial charge in [-0.05, 0) is 42.6 Å². The van der Waals surface area contributed by atoms with Gasteiger partial charge in [0, 0.05) is 37.3 Å². The molecule has 8 nitrogen and oxygen atoms in total. The van der Waals surface area contributed by atoms with E-state index in [1.807, 2.05) is 31.4 Å². The number of anilines is 2. The fraction of sp³-hybridized carbons (Fsp3) is 0.417. The zero-order chi connectivity index (χ0) is 23.1. The molecule has 4 aromatic rings. The van der Waals surface area contributed by atoms with Gasteiger partial charge in [-0.25, -0.2) is 4.98 Å². The van der Waals surface area contributed by atoms with Gasteiger partial charge in [0.1, 0.15) is 16.2 Å². The van der Waals surface area contributed by atoms with E-state index in [4.69, 9.17) is 4.98 Å². The number of aromatic nitrogens is 3. The monoisotopic (exact) mass is 466 g/mol. The van der Waals surface area contributed by atoms with Crippen LogP contribution in [0.2, 0.25) is 0 Å². The number of hydrogen-bond acceptors (Lipinski definition) is 7. The van der Waals surface area contributed by atoms with Crippen molar-refractivity contribution in [3.8, 4) is 11.4 Å². The number of imidazole rings is 1. The summed E-state index contributed by atoms with van der Waals surface area (Å²) in [5.74, 6) is 0.718. The number of piperazine rings is 1. The number of aliphatic hydroxyl groups excluding tert-OH is 1. The molecule has 1 atom stereocenters. The van der Waals surface area contributed by atoms with Crippen molar-refractivity contribution in [2.45, 2.75) is 19.9 Å². The van der Waals surface area contributed by atoms with E-state index in [1.165, 1.54) is 11.3 Å². The molecular weight excluding hydrogens is 436 g/mol. The number of aliphatic hydroxyl groups is 1. The molecule has 1 fully saturated rings. The highest BCUT2D eigenvalue weighted by Crippen LogP contribution is 2.34. The Morgan fingerprint density at radius 1 is 1.18 bits per heavy atom. The summed E-state index contributed by atoms with van der Waals surface area (Å²) >= 11 is 1.49. The second-order valence-corrected chi connectivity index (χ2v) is 10.0. The number of nitrogens with zero attached hydrogens (tertiary/aromatic N) is 3. The number of thiophene rings is 1. The van der Waals surface area contributed by atoms with Gasteiger partial charge < -0.3 is 30.2 Å². The molecule has 4 N–H and O–H groups in total. The summed E-state index contributed by atoms with van der Waals surface area (Å²) in [7, 11) is 2.15. The molecule has 0 bridgehead atoms. The smallest absolute Gasteiger partial charge is 0.262 e. The SMILES string of the molecule is CC(C)[C@H](CO)Nc1c(-c2nc3ccc(N4CCN(C)CC4)cc3[nH]2)c(=O)[nH]c2sccc12. The Kier molecular flexibility index (Phi) is 5.86. The molecule has 1 aliphatic heterocycles. The van der Waals surface area contributed by atoms with Gasteiger partial charge in [0.2, 0.25) is 0 Å². The molecule has 1 saturated heterocycles. The van der Waals surface area contributed by atoms with Crippen LogP contribution in [-0.4, -0.2) is 70.8 Å². The second-order valence-electron chi connectivity index (χ2n) is 9.12. The van der Waals surface area contributed by atoms with Crippen LogP contribution in [0.5, 0.6) is 0 Å². The van der Waals surface area contributed by atoms with E-state index in [1.54, 1.807) is 0 Å². The molecule has 9 heteroatoms. The lowest BCUT2D eigenvalue weighted by Gasteiger charge is -2.34. The van der Waals surface area contributed by atoms with Crippen LogP contribution >= 0.6 is 11.3 Å². The van der Waals surface area contributed by atoms with E-state index in [0.717, 1.165) is 53.1 Å². The highest BCUT2D eigenvalue weighted by atomic mass is 32.1. The Morgan fingerprint density at radius 3 is 2.70 bits per heavy atom. The Balaban J connectivity index is 1.59. The molecule has 33 heavy (non-hydrogen) atoms. The lowest BCUT2D eigenvalue weighted by molar-refractivity contribution is 0.249. The minimum Gasteiger partial charge on any atom is -0.394 e. The minimum atomic E-state index is -0.203. The predicted molar refractivity (Wildman–Crippen MR) is 137 cm³/mol. The Hall–Kier alpha value is -2.88. The standard InChI is InChI=1S/C24H30N6O2S/c1-14(2)19(13-31)25-21-16-6-11-33-24(16)28-23(32)20(21)22-26-17-5-4-15(12-18(17)27-22)30-9-7-29(3)8-10-30/h4-6,11-12,14,19,31H,7-10,13H2,1-3H3,(H,26,27)(H2,25,28,32)/t19-/m0/s1. The molecule has 1 aliphatic rings. The van der Waals surface area contributed by atoms with Crippen molar-refractivity contribution in [1.29, 1.82) is 0 Å². The van der Waals surface area contributed by atoms with Crippen LogP contribution in [0.25, 0.3) is 32.6 Å². The lowest BCUT2D eigenvalue weighted by atomic mass is 10.0. The molecule has 5 rings (SSSR count). The third-order valence-corrected chi connectivity index (χ3v) is 7.37. The molecule has 0 unspecified atom stereocenters. The fourth-order valence-corrected chi connectivity index (χ4v) is 5.17. The highest BCUT2D eigenvalue weighted by Gasteiger charge is 2.22. The summed E-state index contributed by atoms with van der Waals surface area (Å²) in [5.41, 5.74) is 3.86. The van der Waals surface area contributed by atoms with Crippen LogP contribution in [0, 0.1) is 5.92 Å². The minimum absolute atomic E-state index is 0.0238. The van der Waals surface area contributed by atoms with Gasteiger partial charge in [0.15, 0.2) is 0 Å². The zero-order valence-electron chi connectivity index (χ0n) is 19.2. The first-order valence-corrected chi connectivity index (χ1v) is 12.3. The third kappa shape index (κ3) is 4.12. The van der Waals surface area contributed by atoms with Crippen molar-refractivity contribution in [2.24, 2.45) is 5.92 Å². The van der Waals surface area contributed by atoms with Gasteiger partial charge in [-0.3, -0.25) is 4.79 Å². The first-order chi connectivity index (χ1) is 15.9. The van der Waals surface area contributed by atoms with Crippen LogP contribution in [0.3, 0.4) is 0 Å². The van der Waals surface area contributed by atoms with Gasteiger partial charge in [0.25, 0.3) is 5.56 Å². The summed E-state index contributed by atoms with van der Waals surface area (Å²) in [6.07, 6.45) is 0. The number of pyridine rings is 1. The van der Waals surface area contributed by atoms with Gasteiger partial charge in [0.05, 0.1) is 29.4 Å². The van der Waals surface area contributed by atoms with Crippen molar-refractivity contribution < 1.29 is 5.11 Å². The van der Waals surface area contributed by atoms with Gasteiger partial charge >= 0.3 is 0 Å². The van der Waals surface area contributed by atoms with Crippen molar-refractivity contribution in [3.63, 3.8) is 0 Å². The largest absolute Gasteiger partial charge is 0.394 e. The van der Waals surface area contributed by atoms with E-state index in [-0.39, 0.29) is 24.1 Å². The summed E-state index contributed by atoms with van der Waals surface area (Å²) in [6, 6.07) is 8.04. The topological polar surface area (TPSA) is 100 Å². The number of benzene rings is 1. The Bertz CT molecular complexity index is 1330. The third-order valence-electron chi connectivity index (χ3n) is 6.54. The van der Waals surface area contributed by atoms with Crippen molar-refractivity contribution in [2.75, 3.05) is 50.1 Å². The lowest BCUT2D eigenvalue weighted by Crippen LogP contribution is -2.44. The molecule has 4 heterocycles. The van der Waals surface area contributed by atoms with Crippen LogP contribution in [-0.2, 0) is 0 Å². The zero-order valence-corrected chi connectivity index (χ0v) is 20.0. The van der Waals surface area contributed by atoms with Crippen LogP contribution in [0.4, 0.5) is 11.4 Å². The number of fused-ring (bicyclic) bond motifs is 2. The van der Waals surface area contributed by atoms with Gasteiger partial charge in [-0.2, -0.15) is 0 Å². The number of likely N-dealkylation sites (N-methyl/N-ethyl adjacent to an activating group) is 1. The quantitative estimate of drug-likeness (QED) is 0.348. The van der Waals surface area contributed by atoms with E-state index >= 15 is 0 Å². The predicted octanol–water partition coefficient (Wildman–Crippen LogP) is 3.31. The van der Waals surface area contributed by atoms with Crippen molar-refractivity contribution in [3.05, 3.63) is 40.0 Å². The Labute approximate surface area is 196 Å². The molecule has 3 aromatic heterocycles. The number of hydrogen-bond donors (Lipinski definition) is 4. The maximum absolute atomic E-state index is 13.2. The highest BCUT2D eigenvalue weighted by molar-refractivity contribution is 7.16. The summed E-state index contributed by atoms with van der Waals surface area (Å²) in [6.45, 7) is 8.13. The van der Waals surface area contributed by atoms with E-state index < -0.39 is 0 Å². The maximum Gasteiger partial charge on any atom is 0.262 e. The van der Waals surface area contributed by atoms with Crippen molar-refractivity contribution >= 4 is 44.0 Å². The molecule has 1 aromatic carbocycles. The molecule has 0 spiro atoms. The number of aromatic amines is 2. The van der Waals surface area contributed by atoms with Gasteiger partial charge in [-0.15, -0.1) is 11.3 Å². The molecule has 174 valence electrons. The first kappa shape index (κ1) is 21.9. The van der Waals surface area contributed by atoms with E-state index in [0.29, 0.717) is 17.1 Å². The van der Waals surface area contributed by atoms with E-state index in [9.17, 15) is 9.90 Å². The van der Waals surface area contributed by atoms with E-state index in [2.05, 4.69) is 44.3 Å². The average molecular weight is 467 g/mol. The molecule has 0 radical (unpaired) electrons. The molecule has 0 saturated carbocycles. The number of H-pyrrole nitrogens is 2. The van der Waals surface area contributed by atoms with Crippen LogP contribution in [0.15, 0.2) is 34.4 Å². The number of rotatable bonds is 6. The van der Waals surface area contributed by atoms with Crippen molar-refractivity contribution in [1.82, 2.24) is 19.9 Å². The summed E-state index contributed by atoms with van der Waals surface area (Å²) < 4.78 is 0. The fourth-order valence-electron chi connectivity index (χ4n) is 4.38. The first-order valence-electron chi connectivity index (χ1n) is 11.4. The van der Waals surface area contributed by atoms with Gasteiger partial charge in [-0.1, -0.05) is 13.8 Å². The van der Waals surface area contributed by atoms with Crippen LogP contribution < -0.4 is 15.8 Å². The maximum atomic E-state index is 13.2. The Morgan fingerprint density at radius 2 is 1.97 bits per heavy atom. The molecule has 0 aliphatic carbocycles. The number of nitrogens with one attached hydrogen (secondary N) is 3. The normalized spacial score (nSPS) is 16.2. The van der Waals surface area contributed by atoms with Crippen LogP contribution in [0.1, 0.15) is 13.8 Å². The molecule has 0 amide bonds. The molecular formula is C24H30N6O2S. The summed E-state index contributed by atoms with van der Waals surface area (Å²) in [5, 5.41) is 16.2. The average Bonchev–Trinajstić information content (AvgIpc) is 3.43.